The van der Waals surface area contributed by atoms with Crippen molar-refractivity contribution in [2.45, 2.75) is 27.7 Å². The second kappa shape index (κ2) is 5.37. The van der Waals surface area contributed by atoms with Crippen molar-refractivity contribution in [3.05, 3.63) is 58.4 Å². The Morgan fingerprint density at radius 2 is 1.70 bits per heavy atom. The molecule has 0 aliphatic rings. The minimum absolute atomic E-state index is 0.217. The Morgan fingerprint density at radius 1 is 1.05 bits per heavy atom. The predicted octanol–water partition coefficient (Wildman–Crippen LogP) is 3.87. The molecule has 1 heterocycles. The van der Waals surface area contributed by atoms with Gasteiger partial charge in [0.2, 0.25) is 0 Å². The second-order valence-electron chi connectivity index (χ2n) is 4.89. The van der Waals surface area contributed by atoms with E-state index in [2.05, 4.69) is 4.98 Å². The molecule has 0 saturated carbocycles. The number of aromatic nitrogens is 1. The molecule has 0 aliphatic heterocycles. The van der Waals surface area contributed by atoms with E-state index in [0.29, 0.717) is 22.3 Å². The van der Waals surface area contributed by atoms with Crippen LogP contribution in [0.3, 0.4) is 0 Å². The van der Waals surface area contributed by atoms with Crippen molar-refractivity contribution in [2.24, 2.45) is 0 Å². The first-order valence-electron chi connectivity index (χ1n) is 6.57. The molecule has 0 aliphatic carbocycles. The van der Waals surface area contributed by atoms with Gasteiger partial charge >= 0.3 is 0 Å². The van der Waals surface area contributed by atoms with E-state index in [0.717, 1.165) is 11.1 Å². The van der Waals surface area contributed by atoms with E-state index in [9.17, 15) is 10.2 Å². The highest BCUT2D eigenvalue weighted by atomic mass is 16.3. The number of nitrogens with zero attached hydrogens (tertiary/aromatic N) is 1. The SMILES string of the molecule is C/C=C(\c1cccnc1)c1c(C)c(O)c(C)c(C)c1O. The number of hydrogen-bond acceptors (Lipinski definition) is 3. The molecule has 0 unspecified atom stereocenters. The molecular weight excluding hydrogens is 250 g/mol. The summed E-state index contributed by atoms with van der Waals surface area (Å²) in [7, 11) is 0. The molecule has 2 rings (SSSR count). The summed E-state index contributed by atoms with van der Waals surface area (Å²) >= 11 is 0. The van der Waals surface area contributed by atoms with Crippen molar-refractivity contribution in [1.82, 2.24) is 4.98 Å². The lowest BCUT2D eigenvalue weighted by atomic mass is 9.89. The van der Waals surface area contributed by atoms with Gasteiger partial charge in [0.25, 0.3) is 0 Å². The van der Waals surface area contributed by atoms with E-state index in [1.54, 1.807) is 19.3 Å². The minimum atomic E-state index is 0.217. The molecule has 0 radical (unpaired) electrons. The Morgan fingerprint density at radius 3 is 2.25 bits per heavy atom. The zero-order valence-electron chi connectivity index (χ0n) is 12.2. The molecule has 0 saturated heterocycles. The highest BCUT2D eigenvalue weighted by Gasteiger charge is 2.19. The van der Waals surface area contributed by atoms with E-state index in [-0.39, 0.29) is 11.5 Å². The third kappa shape index (κ3) is 2.16. The number of benzene rings is 1. The Hall–Kier alpha value is -2.29. The van der Waals surface area contributed by atoms with Gasteiger partial charge in [0, 0.05) is 29.1 Å². The van der Waals surface area contributed by atoms with Gasteiger partial charge in [-0.3, -0.25) is 4.98 Å². The van der Waals surface area contributed by atoms with E-state index >= 15 is 0 Å². The molecule has 3 heteroatoms. The van der Waals surface area contributed by atoms with Gasteiger partial charge in [-0.25, -0.2) is 0 Å². The molecule has 20 heavy (non-hydrogen) atoms. The fourth-order valence-corrected chi connectivity index (χ4v) is 2.43. The standard InChI is InChI=1S/C17H19NO2/c1-5-14(13-7-6-8-18-9-13)15-12(4)16(19)10(2)11(3)17(15)20/h5-9,19-20H,1-4H3/b14-5+. The number of allylic oxidation sites excluding steroid dienone is 1. The fraction of sp³-hybridized carbons (Fsp3) is 0.235. The third-order valence-electron chi connectivity index (χ3n) is 3.77. The molecule has 3 nitrogen and oxygen atoms in total. The van der Waals surface area contributed by atoms with Crippen LogP contribution in [0.25, 0.3) is 5.57 Å². The average Bonchev–Trinajstić information content (AvgIpc) is 2.48. The Bertz CT molecular complexity index is 644. The molecule has 0 spiro atoms. The van der Waals surface area contributed by atoms with E-state index in [1.165, 1.54) is 0 Å². The molecule has 1 aromatic carbocycles. The largest absolute Gasteiger partial charge is 0.507 e. The lowest BCUT2D eigenvalue weighted by Gasteiger charge is -2.18. The molecule has 2 N–H and O–H groups in total. The van der Waals surface area contributed by atoms with Crippen molar-refractivity contribution >= 4 is 5.57 Å². The Kier molecular flexibility index (Phi) is 3.79. The van der Waals surface area contributed by atoms with Crippen LogP contribution in [-0.4, -0.2) is 15.2 Å². The Labute approximate surface area is 119 Å². The first-order valence-corrected chi connectivity index (χ1v) is 6.57. The lowest BCUT2D eigenvalue weighted by Crippen LogP contribution is -1.98. The number of rotatable bonds is 2. The number of pyridine rings is 1. The van der Waals surface area contributed by atoms with E-state index in [4.69, 9.17) is 0 Å². The molecule has 2 aromatic rings. The topological polar surface area (TPSA) is 53.4 Å². The fourth-order valence-electron chi connectivity index (χ4n) is 2.43. The zero-order valence-corrected chi connectivity index (χ0v) is 12.2. The number of aromatic hydroxyl groups is 2. The first-order chi connectivity index (χ1) is 9.49. The summed E-state index contributed by atoms with van der Waals surface area (Å²) in [6.45, 7) is 7.34. The maximum atomic E-state index is 10.5. The van der Waals surface area contributed by atoms with Gasteiger partial charge in [-0.1, -0.05) is 12.1 Å². The van der Waals surface area contributed by atoms with Crippen molar-refractivity contribution in [3.8, 4) is 11.5 Å². The average molecular weight is 269 g/mol. The number of phenols is 2. The molecule has 0 fully saturated rings. The van der Waals surface area contributed by atoms with Crippen LogP contribution in [0.2, 0.25) is 0 Å². The van der Waals surface area contributed by atoms with Crippen molar-refractivity contribution in [3.63, 3.8) is 0 Å². The van der Waals surface area contributed by atoms with Crippen LogP contribution in [0.4, 0.5) is 0 Å². The molecule has 104 valence electrons. The van der Waals surface area contributed by atoms with Crippen LogP contribution in [0.1, 0.15) is 34.7 Å². The monoisotopic (exact) mass is 269 g/mol. The molecule has 0 amide bonds. The maximum absolute atomic E-state index is 10.5. The summed E-state index contributed by atoms with van der Waals surface area (Å²) in [4.78, 5) is 4.12. The van der Waals surface area contributed by atoms with Crippen molar-refractivity contribution in [1.29, 1.82) is 0 Å². The number of phenolic OH excluding ortho intramolecular Hbond substituents is 2. The molecular formula is C17H19NO2. The minimum Gasteiger partial charge on any atom is -0.507 e. The highest BCUT2D eigenvalue weighted by Crippen LogP contribution is 2.41. The smallest absolute Gasteiger partial charge is 0.127 e. The second-order valence-corrected chi connectivity index (χ2v) is 4.89. The summed E-state index contributed by atoms with van der Waals surface area (Å²) in [5.74, 6) is 0.452. The summed E-state index contributed by atoms with van der Waals surface area (Å²) in [5, 5.41) is 20.7. The summed E-state index contributed by atoms with van der Waals surface area (Å²) in [6.07, 6.45) is 5.38. The van der Waals surface area contributed by atoms with Crippen LogP contribution in [0.15, 0.2) is 30.6 Å². The zero-order chi connectivity index (χ0) is 14.9. The van der Waals surface area contributed by atoms with Gasteiger partial charge < -0.3 is 10.2 Å². The van der Waals surface area contributed by atoms with Crippen molar-refractivity contribution < 1.29 is 10.2 Å². The first kappa shape index (κ1) is 14.1. The summed E-state index contributed by atoms with van der Waals surface area (Å²) in [6, 6.07) is 3.79. The molecule has 0 bridgehead atoms. The maximum Gasteiger partial charge on any atom is 0.127 e. The van der Waals surface area contributed by atoms with Crippen LogP contribution >= 0.6 is 0 Å². The summed E-state index contributed by atoms with van der Waals surface area (Å²) in [5.41, 5.74) is 4.54. The van der Waals surface area contributed by atoms with Gasteiger partial charge in [0.05, 0.1) is 0 Å². The van der Waals surface area contributed by atoms with Crippen molar-refractivity contribution in [2.75, 3.05) is 0 Å². The van der Waals surface area contributed by atoms with Crippen LogP contribution in [0.5, 0.6) is 11.5 Å². The van der Waals surface area contributed by atoms with Gasteiger partial charge in [-0.2, -0.15) is 0 Å². The van der Waals surface area contributed by atoms with Gasteiger partial charge in [-0.05, 0) is 50.5 Å². The van der Waals surface area contributed by atoms with Crippen LogP contribution in [-0.2, 0) is 0 Å². The van der Waals surface area contributed by atoms with Gasteiger partial charge in [-0.15, -0.1) is 0 Å². The normalized spacial score (nSPS) is 11.7. The van der Waals surface area contributed by atoms with Gasteiger partial charge in [0.1, 0.15) is 11.5 Å². The summed E-state index contributed by atoms with van der Waals surface area (Å²) < 4.78 is 0. The van der Waals surface area contributed by atoms with Gasteiger partial charge in [0.15, 0.2) is 0 Å². The Balaban J connectivity index is 2.76. The third-order valence-corrected chi connectivity index (χ3v) is 3.77. The van der Waals surface area contributed by atoms with E-state index < -0.39 is 0 Å². The highest BCUT2D eigenvalue weighted by molar-refractivity contribution is 5.86. The molecule has 0 atom stereocenters. The predicted molar refractivity (Wildman–Crippen MR) is 81.0 cm³/mol. The van der Waals surface area contributed by atoms with Crippen LogP contribution in [0, 0.1) is 20.8 Å². The molecule has 1 aromatic heterocycles. The number of hydrogen-bond donors (Lipinski definition) is 2. The van der Waals surface area contributed by atoms with E-state index in [1.807, 2.05) is 39.0 Å². The van der Waals surface area contributed by atoms with Crippen LogP contribution < -0.4 is 0 Å². The lowest BCUT2D eigenvalue weighted by molar-refractivity contribution is 0.448. The quantitative estimate of drug-likeness (QED) is 0.814.